The molecule has 2 aromatic carbocycles. The third kappa shape index (κ3) is 3.15. The minimum Gasteiger partial charge on any atom is -0.497 e. The van der Waals surface area contributed by atoms with E-state index in [1.54, 1.807) is 24.1 Å². The summed E-state index contributed by atoms with van der Waals surface area (Å²) in [4.78, 5) is 19.0. The van der Waals surface area contributed by atoms with Crippen molar-refractivity contribution in [1.82, 2.24) is 14.5 Å². The summed E-state index contributed by atoms with van der Waals surface area (Å²) < 4.78 is 27.7. The van der Waals surface area contributed by atoms with E-state index in [4.69, 9.17) is 9.47 Å². The van der Waals surface area contributed by atoms with Crippen molar-refractivity contribution >= 4 is 5.91 Å². The number of fused-ring (bicyclic) bond motifs is 1. The molecule has 6 nitrogen and oxygen atoms in total. The van der Waals surface area contributed by atoms with Crippen LogP contribution in [0, 0.1) is 5.82 Å². The van der Waals surface area contributed by atoms with Gasteiger partial charge in [0.2, 0.25) is 0 Å². The van der Waals surface area contributed by atoms with Crippen molar-refractivity contribution in [2.45, 2.75) is 25.2 Å². The Morgan fingerprint density at radius 2 is 1.97 bits per heavy atom. The Kier molecular flexibility index (Phi) is 4.55. The summed E-state index contributed by atoms with van der Waals surface area (Å²) >= 11 is 0. The van der Waals surface area contributed by atoms with Gasteiger partial charge in [0, 0.05) is 12.1 Å². The molecule has 1 saturated heterocycles. The highest BCUT2D eigenvalue weighted by Gasteiger charge is 2.44. The van der Waals surface area contributed by atoms with E-state index in [0.29, 0.717) is 32.7 Å². The number of methoxy groups -OCH3 is 1. The van der Waals surface area contributed by atoms with Crippen LogP contribution in [0.25, 0.3) is 11.3 Å². The largest absolute Gasteiger partial charge is 0.497 e. The zero-order valence-electron chi connectivity index (χ0n) is 16.7. The first-order valence-corrected chi connectivity index (χ1v) is 9.95. The molecule has 0 aliphatic carbocycles. The minimum absolute atomic E-state index is 0.104. The first-order valence-electron chi connectivity index (χ1n) is 9.95. The lowest BCUT2D eigenvalue weighted by molar-refractivity contribution is -0.0804. The maximum atomic E-state index is 14.1. The van der Waals surface area contributed by atoms with Crippen LogP contribution in [-0.2, 0) is 17.9 Å². The van der Waals surface area contributed by atoms with Gasteiger partial charge in [0.15, 0.2) is 0 Å². The van der Waals surface area contributed by atoms with Crippen molar-refractivity contribution in [3.8, 4) is 17.0 Å². The lowest BCUT2D eigenvalue weighted by Gasteiger charge is -2.35. The molecule has 2 aliphatic rings. The summed E-state index contributed by atoms with van der Waals surface area (Å²) in [5.74, 6) is 0.882. The molecule has 5 rings (SSSR count). The number of hydrogen-bond donors (Lipinski definition) is 0. The third-order valence-electron chi connectivity index (χ3n) is 5.99. The number of nitrogens with zero attached hydrogens (tertiary/aromatic N) is 3. The summed E-state index contributed by atoms with van der Waals surface area (Å²) in [6.45, 7) is 1.96. The number of rotatable bonds is 3. The fourth-order valence-electron chi connectivity index (χ4n) is 4.32. The molecule has 0 saturated carbocycles. The Bertz CT molecular complexity index is 1100. The molecule has 2 aliphatic heterocycles. The monoisotopic (exact) mass is 407 g/mol. The first-order chi connectivity index (χ1) is 14.6. The van der Waals surface area contributed by atoms with Crippen molar-refractivity contribution in [2.24, 2.45) is 0 Å². The maximum Gasteiger partial charge on any atom is 0.256 e. The number of likely N-dealkylation sites (tertiary alicyclic amines) is 1. The highest BCUT2D eigenvalue weighted by atomic mass is 19.1. The van der Waals surface area contributed by atoms with Crippen LogP contribution in [0.2, 0.25) is 0 Å². The van der Waals surface area contributed by atoms with Gasteiger partial charge in [0.25, 0.3) is 5.91 Å². The second-order valence-corrected chi connectivity index (χ2v) is 7.80. The number of aromatic nitrogens is 2. The van der Waals surface area contributed by atoms with E-state index in [1.165, 1.54) is 12.1 Å². The predicted octanol–water partition coefficient (Wildman–Crippen LogP) is 3.51. The molecule has 3 heterocycles. The quantitative estimate of drug-likeness (QED) is 0.667. The van der Waals surface area contributed by atoms with Crippen molar-refractivity contribution in [1.29, 1.82) is 0 Å². The van der Waals surface area contributed by atoms with Crippen LogP contribution < -0.4 is 4.74 Å². The van der Waals surface area contributed by atoms with E-state index in [9.17, 15) is 9.18 Å². The Balaban J connectivity index is 1.38. The van der Waals surface area contributed by atoms with E-state index in [-0.39, 0.29) is 11.5 Å². The number of carbonyl (C=O) groups is 1. The highest BCUT2D eigenvalue weighted by molar-refractivity contribution is 5.94. The average Bonchev–Trinajstić information content (AvgIpc) is 3.38. The van der Waals surface area contributed by atoms with Gasteiger partial charge < -0.3 is 18.9 Å². The van der Waals surface area contributed by atoms with E-state index in [1.807, 2.05) is 30.5 Å². The number of halogens is 1. The van der Waals surface area contributed by atoms with Crippen LogP contribution >= 0.6 is 0 Å². The van der Waals surface area contributed by atoms with E-state index in [0.717, 1.165) is 22.8 Å². The number of carbonyl (C=O) groups excluding carboxylic acids is 1. The van der Waals surface area contributed by atoms with E-state index < -0.39 is 11.4 Å². The number of benzene rings is 2. The summed E-state index contributed by atoms with van der Waals surface area (Å²) in [6, 6.07) is 14.0. The second-order valence-electron chi connectivity index (χ2n) is 7.80. The van der Waals surface area contributed by atoms with Gasteiger partial charge in [-0.25, -0.2) is 9.37 Å². The fraction of sp³-hybridized carbons (Fsp3) is 0.304. The van der Waals surface area contributed by atoms with Crippen LogP contribution in [0.15, 0.2) is 54.7 Å². The van der Waals surface area contributed by atoms with Gasteiger partial charge in [0.1, 0.15) is 29.6 Å². The number of ether oxygens (including phenoxy) is 2. The standard InChI is InChI=1S/C23H22FN3O3/c1-29-17-8-6-16(7-9-17)20-12-25-21-13-30-23(15-27(20)21)10-11-26(14-23)22(28)18-4-2-3-5-19(18)24/h2-9,12H,10-11,13-15H2,1H3/t23-/m1/s1. The first kappa shape index (κ1) is 18.8. The molecule has 7 heteroatoms. The normalized spacial score (nSPS) is 20.4. The molecule has 3 aromatic rings. The molecule has 1 fully saturated rings. The van der Waals surface area contributed by atoms with E-state index >= 15 is 0 Å². The Morgan fingerprint density at radius 1 is 1.17 bits per heavy atom. The van der Waals surface area contributed by atoms with Crippen LogP contribution in [0.3, 0.4) is 0 Å². The topological polar surface area (TPSA) is 56.6 Å². The summed E-state index contributed by atoms with van der Waals surface area (Å²) in [5, 5.41) is 0. The van der Waals surface area contributed by atoms with Gasteiger partial charge in [-0.15, -0.1) is 0 Å². The molecule has 0 unspecified atom stereocenters. The summed E-state index contributed by atoms with van der Waals surface area (Å²) in [7, 11) is 1.64. The van der Waals surface area contributed by atoms with Crippen molar-refractivity contribution < 1.29 is 18.7 Å². The van der Waals surface area contributed by atoms with Gasteiger partial charge in [-0.2, -0.15) is 0 Å². The molecule has 154 valence electrons. The Morgan fingerprint density at radius 3 is 2.73 bits per heavy atom. The predicted molar refractivity (Wildman–Crippen MR) is 109 cm³/mol. The lowest BCUT2D eigenvalue weighted by Crippen LogP contribution is -2.45. The molecule has 1 spiro atoms. The van der Waals surface area contributed by atoms with Gasteiger partial charge in [-0.05, 0) is 42.8 Å². The summed E-state index contributed by atoms with van der Waals surface area (Å²) in [5.41, 5.74) is 1.67. The van der Waals surface area contributed by atoms with Gasteiger partial charge in [-0.3, -0.25) is 4.79 Å². The Hall–Kier alpha value is -3.19. The van der Waals surface area contributed by atoms with Crippen molar-refractivity contribution in [3.05, 3.63) is 71.9 Å². The molecular weight excluding hydrogens is 385 g/mol. The number of imidazole rings is 1. The highest BCUT2D eigenvalue weighted by Crippen LogP contribution is 2.36. The van der Waals surface area contributed by atoms with Gasteiger partial charge in [0.05, 0.1) is 37.7 Å². The third-order valence-corrected chi connectivity index (χ3v) is 5.99. The SMILES string of the molecule is COc1ccc(-c2cnc3n2C[C@]2(CCN(C(=O)c4ccccc4F)C2)OC3)cc1. The average molecular weight is 407 g/mol. The van der Waals surface area contributed by atoms with Crippen LogP contribution in [0.5, 0.6) is 5.75 Å². The molecule has 0 N–H and O–H groups in total. The molecule has 1 aromatic heterocycles. The molecule has 30 heavy (non-hydrogen) atoms. The molecule has 0 radical (unpaired) electrons. The van der Waals surface area contributed by atoms with Gasteiger partial charge in [-0.1, -0.05) is 12.1 Å². The van der Waals surface area contributed by atoms with Crippen LogP contribution in [0.1, 0.15) is 22.6 Å². The molecule has 1 amide bonds. The zero-order valence-corrected chi connectivity index (χ0v) is 16.7. The zero-order chi connectivity index (χ0) is 20.7. The van der Waals surface area contributed by atoms with Crippen molar-refractivity contribution in [2.75, 3.05) is 20.2 Å². The van der Waals surface area contributed by atoms with Gasteiger partial charge >= 0.3 is 0 Å². The maximum absolute atomic E-state index is 14.1. The van der Waals surface area contributed by atoms with E-state index in [2.05, 4.69) is 9.55 Å². The van der Waals surface area contributed by atoms with Crippen LogP contribution in [-0.4, -0.2) is 46.2 Å². The number of amides is 1. The lowest BCUT2D eigenvalue weighted by atomic mass is 10.0. The number of hydrogen-bond acceptors (Lipinski definition) is 4. The molecule has 1 atom stereocenters. The fourth-order valence-corrected chi connectivity index (χ4v) is 4.32. The van der Waals surface area contributed by atoms with Crippen molar-refractivity contribution in [3.63, 3.8) is 0 Å². The second kappa shape index (κ2) is 7.25. The Labute approximate surface area is 173 Å². The molecular formula is C23H22FN3O3. The van der Waals surface area contributed by atoms with Crippen LogP contribution in [0.4, 0.5) is 4.39 Å². The molecule has 0 bridgehead atoms. The summed E-state index contributed by atoms with van der Waals surface area (Å²) in [6.07, 6.45) is 2.56. The smallest absolute Gasteiger partial charge is 0.256 e. The minimum atomic E-state index is -0.494.